The minimum Gasteiger partial charge on any atom is -0.497 e. The van der Waals surface area contributed by atoms with Crippen LogP contribution in [0.15, 0.2) is 29.6 Å². The van der Waals surface area contributed by atoms with Crippen LogP contribution in [0.4, 0.5) is 5.69 Å². The number of nitrogens with two attached hydrogens (primary N) is 1. The number of hydrogen-bond donors (Lipinski definition) is 1. The second-order valence-electron chi connectivity index (χ2n) is 2.85. The van der Waals surface area contributed by atoms with Gasteiger partial charge in [-0.3, -0.25) is 0 Å². The molecule has 1 heterocycles. The molecule has 2 rings (SSSR count). The lowest BCUT2D eigenvalue weighted by molar-refractivity contribution is 0.415. The molecule has 1 aromatic carbocycles. The Morgan fingerprint density at radius 1 is 1.43 bits per heavy atom. The Morgan fingerprint density at radius 3 is 2.93 bits per heavy atom. The summed E-state index contributed by atoms with van der Waals surface area (Å²) in [6.07, 6.45) is 0. The van der Waals surface area contributed by atoms with Gasteiger partial charge in [0.1, 0.15) is 11.4 Å². The molecule has 0 unspecified atom stereocenters. The first-order valence-corrected chi connectivity index (χ1v) is 4.99. The summed E-state index contributed by atoms with van der Waals surface area (Å²) >= 11 is 1.36. The Balaban J connectivity index is 2.47. The van der Waals surface area contributed by atoms with Crippen molar-refractivity contribution in [3.8, 4) is 17.0 Å². The van der Waals surface area contributed by atoms with Crippen LogP contribution in [-0.4, -0.2) is 11.5 Å². The molecular formula is C10H10N2OS. The van der Waals surface area contributed by atoms with Crippen molar-refractivity contribution >= 4 is 17.2 Å². The second-order valence-corrected chi connectivity index (χ2v) is 3.48. The molecule has 0 radical (unpaired) electrons. The van der Waals surface area contributed by atoms with Crippen molar-refractivity contribution in [3.05, 3.63) is 29.6 Å². The number of hydrogen-bond acceptors (Lipinski definition) is 4. The first-order valence-electron chi connectivity index (χ1n) is 4.15. The van der Waals surface area contributed by atoms with Crippen molar-refractivity contribution in [1.29, 1.82) is 0 Å². The van der Waals surface area contributed by atoms with Gasteiger partial charge in [-0.25, -0.2) is 0 Å². The average molecular weight is 206 g/mol. The van der Waals surface area contributed by atoms with Gasteiger partial charge in [-0.2, -0.15) is 4.37 Å². The van der Waals surface area contributed by atoms with Crippen LogP contribution in [-0.2, 0) is 0 Å². The molecule has 14 heavy (non-hydrogen) atoms. The lowest BCUT2D eigenvalue weighted by atomic mass is 10.1. The third-order valence-electron chi connectivity index (χ3n) is 1.94. The predicted octanol–water partition coefficient (Wildman–Crippen LogP) is 2.40. The summed E-state index contributed by atoms with van der Waals surface area (Å²) in [6.45, 7) is 0. The van der Waals surface area contributed by atoms with Gasteiger partial charge in [0.05, 0.1) is 12.8 Å². The molecule has 0 fully saturated rings. The number of benzene rings is 1. The van der Waals surface area contributed by atoms with Gasteiger partial charge in [-0.1, -0.05) is 12.1 Å². The van der Waals surface area contributed by atoms with E-state index in [1.165, 1.54) is 11.5 Å². The van der Waals surface area contributed by atoms with Gasteiger partial charge in [-0.05, 0) is 23.7 Å². The highest BCUT2D eigenvalue weighted by molar-refractivity contribution is 7.04. The quantitative estimate of drug-likeness (QED) is 0.820. The molecule has 1 aromatic heterocycles. The molecule has 0 aliphatic carbocycles. The van der Waals surface area contributed by atoms with Gasteiger partial charge >= 0.3 is 0 Å². The first kappa shape index (κ1) is 9.02. The highest BCUT2D eigenvalue weighted by Crippen LogP contribution is 2.28. The van der Waals surface area contributed by atoms with Crippen LogP contribution in [0.3, 0.4) is 0 Å². The monoisotopic (exact) mass is 206 g/mol. The van der Waals surface area contributed by atoms with Crippen molar-refractivity contribution in [1.82, 2.24) is 4.37 Å². The van der Waals surface area contributed by atoms with Crippen molar-refractivity contribution in [2.24, 2.45) is 0 Å². The Labute approximate surface area is 86.3 Å². The molecule has 0 bridgehead atoms. The lowest BCUT2D eigenvalue weighted by Crippen LogP contribution is -1.87. The molecule has 3 nitrogen and oxygen atoms in total. The third kappa shape index (κ3) is 1.56. The van der Waals surface area contributed by atoms with E-state index in [2.05, 4.69) is 4.37 Å². The second kappa shape index (κ2) is 3.67. The highest BCUT2D eigenvalue weighted by atomic mass is 32.1. The zero-order chi connectivity index (χ0) is 9.97. The number of ether oxygens (including phenoxy) is 1. The maximum absolute atomic E-state index is 5.77. The number of anilines is 1. The Morgan fingerprint density at radius 2 is 2.29 bits per heavy atom. The van der Waals surface area contributed by atoms with Crippen LogP contribution in [0.25, 0.3) is 11.3 Å². The van der Waals surface area contributed by atoms with E-state index in [1.54, 1.807) is 7.11 Å². The summed E-state index contributed by atoms with van der Waals surface area (Å²) in [5.74, 6) is 0.815. The minimum absolute atomic E-state index is 0.711. The Hall–Kier alpha value is -1.55. The summed E-state index contributed by atoms with van der Waals surface area (Å²) < 4.78 is 9.35. The van der Waals surface area contributed by atoms with Crippen LogP contribution >= 0.6 is 11.5 Å². The van der Waals surface area contributed by atoms with E-state index in [-0.39, 0.29) is 0 Å². The largest absolute Gasteiger partial charge is 0.497 e. The van der Waals surface area contributed by atoms with E-state index in [0.29, 0.717) is 5.69 Å². The molecule has 0 saturated heterocycles. The number of aromatic nitrogens is 1. The molecular weight excluding hydrogens is 196 g/mol. The van der Waals surface area contributed by atoms with Gasteiger partial charge in [0.15, 0.2) is 0 Å². The van der Waals surface area contributed by atoms with Crippen molar-refractivity contribution in [2.45, 2.75) is 0 Å². The zero-order valence-electron chi connectivity index (χ0n) is 7.73. The maximum Gasteiger partial charge on any atom is 0.119 e. The first-order chi connectivity index (χ1) is 6.81. The summed E-state index contributed by atoms with van der Waals surface area (Å²) in [7, 11) is 1.64. The van der Waals surface area contributed by atoms with Gasteiger partial charge in [0, 0.05) is 10.9 Å². The third-order valence-corrected chi connectivity index (χ3v) is 2.59. The van der Waals surface area contributed by atoms with Crippen LogP contribution in [0.1, 0.15) is 0 Å². The SMILES string of the molecule is COc1cccc(-c2nscc2N)c1. The summed E-state index contributed by atoms with van der Waals surface area (Å²) in [4.78, 5) is 0. The molecule has 0 aliphatic rings. The summed E-state index contributed by atoms with van der Waals surface area (Å²) in [6, 6.07) is 7.71. The molecule has 2 N–H and O–H groups in total. The number of methoxy groups -OCH3 is 1. The zero-order valence-corrected chi connectivity index (χ0v) is 8.54. The molecule has 0 atom stereocenters. The standard InChI is InChI=1S/C10H10N2OS/c1-13-8-4-2-3-7(5-8)10-9(11)6-14-12-10/h2-6H,11H2,1H3. The number of rotatable bonds is 2. The van der Waals surface area contributed by atoms with Crippen LogP contribution < -0.4 is 10.5 Å². The smallest absolute Gasteiger partial charge is 0.119 e. The van der Waals surface area contributed by atoms with Gasteiger partial charge in [0.25, 0.3) is 0 Å². The Bertz CT molecular complexity index is 439. The van der Waals surface area contributed by atoms with E-state index in [1.807, 2.05) is 29.6 Å². The topological polar surface area (TPSA) is 48.1 Å². The molecule has 0 spiro atoms. The maximum atomic E-state index is 5.77. The van der Waals surface area contributed by atoms with Gasteiger partial charge in [-0.15, -0.1) is 0 Å². The van der Waals surface area contributed by atoms with Crippen molar-refractivity contribution in [2.75, 3.05) is 12.8 Å². The number of nitrogen functional groups attached to an aromatic ring is 1. The fourth-order valence-corrected chi connectivity index (χ4v) is 1.83. The molecule has 4 heteroatoms. The van der Waals surface area contributed by atoms with Crippen molar-refractivity contribution in [3.63, 3.8) is 0 Å². The van der Waals surface area contributed by atoms with E-state index < -0.39 is 0 Å². The minimum atomic E-state index is 0.711. The fraction of sp³-hybridized carbons (Fsp3) is 0.100. The van der Waals surface area contributed by atoms with Gasteiger partial charge < -0.3 is 10.5 Å². The van der Waals surface area contributed by atoms with Crippen LogP contribution in [0.2, 0.25) is 0 Å². The molecule has 0 amide bonds. The Kier molecular flexibility index (Phi) is 2.37. The van der Waals surface area contributed by atoms with Crippen LogP contribution in [0.5, 0.6) is 5.75 Å². The normalized spacial score (nSPS) is 10.1. The van der Waals surface area contributed by atoms with E-state index in [4.69, 9.17) is 10.5 Å². The lowest BCUT2D eigenvalue weighted by Gasteiger charge is -2.02. The van der Waals surface area contributed by atoms with E-state index in [9.17, 15) is 0 Å². The molecule has 0 aliphatic heterocycles. The molecule has 0 saturated carbocycles. The fourth-order valence-electron chi connectivity index (χ4n) is 1.23. The molecule has 2 aromatic rings. The average Bonchev–Trinajstić information content (AvgIpc) is 2.65. The van der Waals surface area contributed by atoms with E-state index in [0.717, 1.165) is 17.0 Å². The predicted molar refractivity (Wildman–Crippen MR) is 58.5 cm³/mol. The van der Waals surface area contributed by atoms with Crippen molar-refractivity contribution < 1.29 is 4.74 Å². The molecule has 72 valence electrons. The van der Waals surface area contributed by atoms with Crippen LogP contribution in [0, 0.1) is 0 Å². The van der Waals surface area contributed by atoms with Gasteiger partial charge in [0.2, 0.25) is 0 Å². The summed E-state index contributed by atoms with van der Waals surface area (Å²) in [5, 5.41) is 1.83. The summed E-state index contributed by atoms with van der Waals surface area (Å²) in [5.41, 5.74) is 8.30. The highest BCUT2D eigenvalue weighted by Gasteiger charge is 2.05. The number of nitrogens with zero attached hydrogens (tertiary/aromatic N) is 1. The van der Waals surface area contributed by atoms with E-state index >= 15 is 0 Å².